The van der Waals surface area contributed by atoms with Crippen molar-refractivity contribution in [2.24, 2.45) is 0 Å². The second-order valence-electron chi connectivity index (χ2n) is 9.29. The largest absolute Gasteiger partial charge is 0.507 e. The van der Waals surface area contributed by atoms with Gasteiger partial charge in [-0.1, -0.05) is 44.5 Å². The average molecular weight is 518 g/mol. The van der Waals surface area contributed by atoms with Crippen molar-refractivity contribution in [2.45, 2.75) is 52.1 Å². The lowest BCUT2D eigenvalue weighted by Gasteiger charge is -2.25. The Bertz CT molecular complexity index is 1250. The van der Waals surface area contributed by atoms with Gasteiger partial charge in [-0.25, -0.2) is 4.98 Å². The molecule has 2 heterocycles. The van der Waals surface area contributed by atoms with Crippen LogP contribution in [0.5, 0.6) is 11.5 Å². The zero-order valence-corrected chi connectivity index (χ0v) is 22.0. The van der Waals surface area contributed by atoms with E-state index in [1.165, 1.54) is 0 Å². The van der Waals surface area contributed by atoms with Crippen molar-refractivity contribution >= 4 is 17.4 Å². The van der Waals surface area contributed by atoms with E-state index in [0.717, 1.165) is 24.8 Å². The lowest BCUT2D eigenvalue weighted by Crippen LogP contribution is -2.31. The highest BCUT2D eigenvalue weighted by Crippen LogP contribution is 2.40. The maximum atomic E-state index is 13.3. The van der Waals surface area contributed by atoms with Gasteiger partial charge in [-0.15, -0.1) is 0 Å². The van der Waals surface area contributed by atoms with Crippen LogP contribution in [-0.4, -0.2) is 51.0 Å². The van der Waals surface area contributed by atoms with E-state index in [-0.39, 0.29) is 11.3 Å². The first-order chi connectivity index (χ1) is 18.5. The lowest BCUT2D eigenvalue weighted by molar-refractivity contribution is -0.139. The van der Waals surface area contributed by atoms with E-state index in [1.54, 1.807) is 35.6 Å². The van der Waals surface area contributed by atoms with Crippen LogP contribution in [0.3, 0.4) is 0 Å². The van der Waals surface area contributed by atoms with Crippen molar-refractivity contribution in [2.75, 3.05) is 19.8 Å². The van der Waals surface area contributed by atoms with Crippen LogP contribution in [0.1, 0.15) is 56.7 Å². The van der Waals surface area contributed by atoms with Gasteiger partial charge in [0.2, 0.25) is 0 Å². The maximum absolute atomic E-state index is 13.3. The maximum Gasteiger partial charge on any atom is 0.295 e. The molecule has 1 atom stereocenters. The van der Waals surface area contributed by atoms with E-state index in [4.69, 9.17) is 9.47 Å². The van der Waals surface area contributed by atoms with Crippen LogP contribution < -0.4 is 9.47 Å². The molecule has 0 saturated carbocycles. The van der Waals surface area contributed by atoms with Gasteiger partial charge in [0.05, 0.1) is 31.2 Å². The van der Waals surface area contributed by atoms with Gasteiger partial charge in [0, 0.05) is 31.0 Å². The van der Waals surface area contributed by atoms with E-state index in [2.05, 4.69) is 11.9 Å². The molecule has 1 unspecified atom stereocenters. The van der Waals surface area contributed by atoms with E-state index < -0.39 is 17.7 Å². The van der Waals surface area contributed by atoms with Crippen LogP contribution in [-0.2, 0) is 16.1 Å². The molecule has 1 aliphatic rings. The first-order valence-electron chi connectivity index (χ1n) is 13.2. The molecule has 0 bridgehead atoms. The van der Waals surface area contributed by atoms with Gasteiger partial charge in [-0.3, -0.25) is 9.59 Å². The molecule has 200 valence electrons. The number of likely N-dealkylation sites (tertiary alicyclic amines) is 1. The summed E-state index contributed by atoms with van der Waals surface area (Å²) in [5.41, 5.74) is 1.24. The summed E-state index contributed by atoms with van der Waals surface area (Å²) in [6, 6.07) is 13.6. The standard InChI is InChI=1S/C30H35N3O5/c1-3-5-19-38-25-9-6-8-23(20-25)28(34)26-27(22-10-12-24(13-11-22)37-18-4-2)33(30(36)29(26)35)16-7-15-32-17-14-31-21-32/h6,8-14,17,20-21,27,34H,3-5,7,15-16,18-19H2,1-2H3. The number of ketones is 1. The number of aromatic nitrogens is 2. The van der Waals surface area contributed by atoms with Gasteiger partial charge in [0.1, 0.15) is 17.3 Å². The molecule has 1 fully saturated rings. The van der Waals surface area contributed by atoms with Gasteiger partial charge in [0.15, 0.2) is 0 Å². The molecule has 1 aromatic heterocycles. The number of amides is 1. The van der Waals surface area contributed by atoms with Crippen molar-refractivity contribution in [3.8, 4) is 11.5 Å². The number of Topliss-reactive ketones (excluding diaryl/α,β-unsaturated/α-hetero) is 1. The summed E-state index contributed by atoms with van der Waals surface area (Å²) in [5.74, 6) is -0.212. The van der Waals surface area contributed by atoms with E-state index >= 15 is 0 Å². The molecule has 8 nitrogen and oxygen atoms in total. The zero-order valence-electron chi connectivity index (χ0n) is 22.0. The van der Waals surface area contributed by atoms with Gasteiger partial charge >= 0.3 is 0 Å². The molecule has 38 heavy (non-hydrogen) atoms. The number of rotatable bonds is 13. The molecule has 1 saturated heterocycles. The number of imidazole rings is 1. The van der Waals surface area contributed by atoms with E-state index in [0.29, 0.717) is 49.8 Å². The number of hydrogen-bond acceptors (Lipinski definition) is 6. The highest BCUT2D eigenvalue weighted by Gasteiger charge is 2.45. The monoisotopic (exact) mass is 517 g/mol. The van der Waals surface area contributed by atoms with Gasteiger partial charge in [-0.05, 0) is 49.1 Å². The number of unbranched alkanes of at least 4 members (excludes halogenated alkanes) is 1. The van der Waals surface area contributed by atoms with E-state index in [1.807, 2.05) is 48.0 Å². The quantitative estimate of drug-likeness (QED) is 0.142. The topological polar surface area (TPSA) is 93.9 Å². The molecular formula is C30H35N3O5. The van der Waals surface area contributed by atoms with Crippen molar-refractivity contribution in [1.82, 2.24) is 14.5 Å². The number of carbonyl (C=O) groups excluding carboxylic acids is 2. The number of ether oxygens (including phenoxy) is 2. The number of nitrogens with zero attached hydrogens (tertiary/aromatic N) is 3. The lowest BCUT2D eigenvalue weighted by atomic mass is 9.95. The van der Waals surface area contributed by atoms with Gasteiger partial charge < -0.3 is 24.0 Å². The van der Waals surface area contributed by atoms with Crippen molar-refractivity contribution in [1.29, 1.82) is 0 Å². The molecule has 1 amide bonds. The van der Waals surface area contributed by atoms with Crippen LogP contribution >= 0.6 is 0 Å². The highest BCUT2D eigenvalue weighted by atomic mass is 16.5. The molecular weight excluding hydrogens is 482 g/mol. The summed E-state index contributed by atoms with van der Waals surface area (Å²) in [6.07, 6.45) is 8.71. The number of aliphatic hydroxyl groups excluding tert-OH is 1. The Balaban J connectivity index is 1.68. The fourth-order valence-corrected chi connectivity index (χ4v) is 4.49. The minimum atomic E-state index is -0.720. The molecule has 3 aromatic rings. The fourth-order valence-electron chi connectivity index (χ4n) is 4.49. The second kappa shape index (κ2) is 12.9. The average Bonchev–Trinajstić information content (AvgIpc) is 3.54. The van der Waals surface area contributed by atoms with Crippen molar-refractivity contribution in [3.63, 3.8) is 0 Å². The summed E-state index contributed by atoms with van der Waals surface area (Å²) >= 11 is 0. The smallest absolute Gasteiger partial charge is 0.295 e. The number of hydrogen-bond donors (Lipinski definition) is 1. The summed E-state index contributed by atoms with van der Waals surface area (Å²) in [6.45, 7) is 6.28. The molecule has 4 rings (SSSR count). The van der Waals surface area contributed by atoms with Gasteiger partial charge in [0.25, 0.3) is 11.7 Å². The Kier molecular flexibility index (Phi) is 9.19. The molecule has 0 spiro atoms. The van der Waals surface area contributed by atoms with Crippen LogP contribution in [0.4, 0.5) is 0 Å². The Hall–Kier alpha value is -4.07. The Morgan fingerprint density at radius 3 is 2.45 bits per heavy atom. The van der Waals surface area contributed by atoms with E-state index in [9.17, 15) is 14.7 Å². The Morgan fingerprint density at radius 2 is 1.74 bits per heavy atom. The Morgan fingerprint density at radius 1 is 0.947 bits per heavy atom. The Labute approximate surface area is 223 Å². The first-order valence-corrected chi connectivity index (χ1v) is 13.2. The van der Waals surface area contributed by atoms with Crippen LogP contribution in [0.2, 0.25) is 0 Å². The molecule has 0 radical (unpaired) electrons. The third-order valence-corrected chi connectivity index (χ3v) is 6.46. The fraction of sp³-hybridized carbons (Fsp3) is 0.367. The molecule has 8 heteroatoms. The van der Waals surface area contributed by atoms with Crippen LogP contribution in [0, 0.1) is 0 Å². The van der Waals surface area contributed by atoms with Crippen molar-refractivity contribution in [3.05, 3.63) is 84.0 Å². The SMILES string of the molecule is CCCCOc1cccc(C(O)=C2C(=O)C(=O)N(CCCn3ccnc3)C2c2ccc(OCCC)cc2)c1. The van der Waals surface area contributed by atoms with Crippen LogP contribution in [0.15, 0.2) is 72.8 Å². The summed E-state index contributed by atoms with van der Waals surface area (Å²) in [4.78, 5) is 32.2. The van der Waals surface area contributed by atoms with Crippen LogP contribution in [0.25, 0.3) is 5.76 Å². The summed E-state index contributed by atoms with van der Waals surface area (Å²) in [7, 11) is 0. The molecule has 0 aliphatic carbocycles. The third-order valence-electron chi connectivity index (χ3n) is 6.46. The predicted molar refractivity (Wildman–Crippen MR) is 145 cm³/mol. The number of aliphatic hydroxyl groups is 1. The van der Waals surface area contributed by atoms with Crippen molar-refractivity contribution < 1.29 is 24.2 Å². The third kappa shape index (κ3) is 6.25. The summed E-state index contributed by atoms with van der Waals surface area (Å²) < 4.78 is 13.4. The molecule has 1 N–H and O–H groups in total. The second-order valence-corrected chi connectivity index (χ2v) is 9.29. The molecule has 1 aliphatic heterocycles. The first kappa shape index (κ1) is 27.0. The number of carbonyl (C=O) groups is 2. The van der Waals surface area contributed by atoms with Gasteiger partial charge in [-0.2, -0.15) is 0 Å². The number of aryl methyl sites for hydroxylation is 1. The normalized spacial score (nSPS) is 16.7. The number of benzene rings is 2. The molecule has 2 aromatic carbocycles. The minimum absolute atomic E-state index is 0.0746. The summed E-state index contributed by atoms with van der Waals surface area (Å²) in [5, 5.41) is 11.4. The minimum Gasteiger partial charge on any atom is -0.507 e. The predicted octanol–water partition coefficient (Wildman–Crippen LogP) is 5.36. The zero-order chi connectivity index (χ0) is 26.9. The highest BCUT2D eigenvalue weighted by molar-refractivity contribution is 6.46.